The van der Waals surface area contributed by atoms with Crippen LogP contribution in [0.4, 0.5) is 0 Å². The number of alkyl halides is 1. The molecule has 0 N–H and O–H groups in total. The molecule has 1 nitrogen and oxygen atoms in total. The average molecular weight is 389 g/mol. The average Bonchev–Trinajstić information content (AvgIpc) is 2.56. The summed E-state index contributed by atoms with van der Waals surface area (Å²) in [7, 11) is -2.41. The minimum atomic E-state index is -2.41. The maximum absolute atomic E-state index is 6.73. The quantitative estimate of drug-likeness (QED) is 0.401. The number of hydrogen-bond acceptors (Lipinski definition) is 1. The zero-order valence-electron chi connectivity index (χ0n) is 14.2. The van der Waals surface area contributed by atoms with Crippen molar-refractivity contribution in [2.24, 2.45) is 0 Å². The topological polar surface area (TPSA) is 9.23 Å². The molecule has 0 radical (unpaired) electrons. The molecule has 0 amide bonds. The van der Waals surface area contributed by atoms with E-state index in [-0.39, 0.29) is 5.04 Å². The second-order valence-corrected chi connectivity index (χ2v) is 11.7. The Labute approximate surface area is 149 Å². The lowest BCUT2D eigenvalue weighted by Gasteiger charge is -2.43. The Kier molecular flexibility index (Phi) is 6.01. The van der Waals surface area contributed by atoms with E-state index in [1.807, 2.05) is 0 Å². The molecule has 0 aromatic heterocycles. The molecule has 0 aliphatic rings. The monoisotopic (exact) mass is 388 g/mol. The highest BCUT2D eigenvalue weighted by Gasteiger charge is 2.50. The molecule has 0 fully saturated rings. The third kappa shape index (κ3) is 3.85. The van der Waals surface area contributed by atoms with E-state index in [0.717, 1.165) is 10.9 Å². The molecule has 0 atom stereocenters. The largest absolute Gasteiger partial charge is 0.403 e. The van der Waals surface area contributed by atoms with Crippen molar-refractivity contribution in [3.8, 4) is 0 Å². The summed E-state index contributed by atoms with van der Waals surface area (Å²) < 4.78 is 6.73. The molecule has 0 aliphatic carbocycles. The van der Waals surface area contributed by atoms with Crippen molar-refractivity contribution in [1.29, 1.82) is 0 Å². The molecule has 0 saturated heterocycles. The van der Waals surface area contributed by atoms with Gasteiger partial charge in [-0.2, -0.15) is 0 Å². The molecule has 0 bridgehead atoms. The van der Waals surface area contributed by atoms with E-state index in [1.54, 1.807) is 0 Å². The molecular weight excluding hydrogens is 364 g/mol. The molecule has 3 heteroatoms. The second-order valence-electron chi connectivity index (χ2n) is 6.84. The fourth-order valence-corrected chi connectivity index (χ4v) is 7.75. The first kappa shape index (κ1) is 18.2. The lowest BCUT2D eigenvalue weighted by atomic mass is 10.2. The Morgan fingerprint density at radius 1 is 0.957 bits per heavy atom. The van der Waals surface area contributed by atoms with Crippen LogP contribution in [0.2, 0.25) is 5.04 Å². The van der Waals surface area contributed by atoms with Gasteiger partial charge in [0.25, 0.3) is 8.32 Å². The fourth-order valence-electron chi connectivity index (χ4n) is 3.01. The Balaban J connectivity index is 2.62. The van der Waals surface area contributed by atoms with Gasteiger partial charge in [0.1, 0.15) is 0 Å². The van der Waals surface area contributed by atoms with E-state index < -0.39 is 8.32 Å². The molecule has 0 saturated carbocycles. The van der Waals surface area contributed by atoms with Crippen LogP contribution < -0.4 is 10.4 Å². The Bertz CT molecular complexity index is 592. The van der Waals surface area contributed by atoms with Gasteiger partial charge >= 0.3 is 0 Å². The number of hydrogen-bond donors (Lipinski definition) is 0. The zero-order valence-corrected chi connectivity index (χ0v) is 16.8. The SMILES string of the molecule is C=C(CBr)CO[Si](c1ccccc1)(c1ccccc1)C(C)(C)C. The van der Waals surface area contributed by atoms with Crippen molar-refractivity contribution in [2.75, 3.05) is 11.9 Å². The molecule has 2 aromatic rings. The summed E-state index contributed by atoms with van der Waals surface area (Å²) in [6.07, 6.45) is 0. The molecule has 0 heterocycles. The highest BCUT2D eigenvalue weighted by atomic mass is 79.9. The van der Waals surface area contributed by atoms with Crippen LogP contribution in [-0.2, 0) is 4.43 Å². The van der Waals surface area contributed by atoms with Gasteiger partial charge in [-0.05, 0) is 21.0 Å². The summed E-state index contributed by atoms with van der Waals surface area (Å²) in [5, 5.41) is 3.40. The van der Waals surface area contributed by atoms with Gasteiger partial charge in [0.2, 0.25) is 0 Å². The standard InChI is InChI=1S/C20H25BrOSi/c1-17(15-21)16-22-23(20(2,3)4,18-11-7-5-8-12-18)19-13-9-6-10-14-19/h5-14H,1,15-16H2,2-4H3. The molecular formula is C20H25BrOSi. The minimum absolute atomic E-state index is 0.0162. The molecule has 0 aliphatic heterocycles. The van der Waals surface area contributed by atoms with Gasteiger partial charge in [0.15, 0.2) is 0 Å². The predicted octanol–water partition coefficient (Wildman–Crippen LogP) is 4.51. The Morgan fingerprint density at radius 2 is 1.39 bits per heavy atom. The number of halogens is 1. The number of benzene rings is 2. The van der Waals surface area contributed by atoms with Crippen LogP contribution in [0.15, 0.2) is 72.8 Å². The van der Waals surface area contributed by atoms with Crippen molar-refractivity contribution in [1.82, 2.24) is 0 Å². The molecule has 0 unspecified atom stereocenters. The van der Waals surface area contributed by atoms with Gasteiger partial charge in [0.05, 0.1) is 6.61 Å². The summed E-state index contributed by atoms with van der Waals surface area (Å²) in [6.45, 7) is 11.5. The first-order valence-corrected chi connectivity index (χ1v) is 10.9. The van der Waals surface area contributed by atoms with Crippen molar-refractivity contribution in [2.45, 2.75) is 25.8 Å². The lowest BCUT2D eigenvalue weighted by molar-refractivity contribution is 0.331. The summed E-state index contributed by atoms with van der Waals surface area (Å²) in [4.78, 5) is 0. The van der Waals surface area contributed by atoms with Crippen LogP contribution in [-0.4, -0.2) is 20.3 Å². The summed E-state index contributed by atoms with van der Waals surface area (Å²) in [6, 6.07) is 21.4. The first-order valence-electron chi connectivity index (χ1n) is 7.89. The summed E-state index contributed by atoms with van der Waals surface area (Å²) in [5.41, 5.74) is 1.07. The van der Waals surface area contributed by atoms with Crippen LogP contribution in [0.1, 0.15) is 20.8 Å². The highest BCUT2D eigenvalue weighted by Crippen LogP contribution is 2.36. The maximum Gasteiger partial charge on any atom is 0.261 e. The van der Waals surface area contributed by atoms with Crippen LogP contribution >= 0.6 is 15.9 Å². The normalized spacial score (nSPS) is 12.2. The zero-order chi connectivity index (χ0) is 16.9. The third-order valence-corrected chi connectivity index (χ3v) is 9.87. The van der Waals surface area contributed by atoms with Crippen molar-refractivity contribution in [3.63, 3.8) is 0 Å². The van der Waals surface area contributed by atoms with Gasteiger partial charge in [-0.15, -0.1) is 0 Å². The molecule has 2 aromatic carbocycles. The van der Waals surface area contributed by atoms with Gasteiger partial charge in [-0.3, -0.25) is 0 Å². The van der Waals surface area contributed by atoms with Crippen LogP contribution in [0.5, 0.6) is 0 Å². The van der Waals surface area contributed by atoms with E-state index >= 15 is 0 Å². The van der Waals surface area contributed by atoms with Gasteiger partial charge in [0, 0.05) is 5.33 Å². The van der Waals surface area contributed by atoms with E-state index in [1.165, 1.54) is 10.4 Å². The maximum atomic E-state index is 6.73. The van der Waals surface area contributed by atoms with Crippen LogP contribution in [0, 0.1) is 0 Å². The van der Waals surface area contributed by atoms with Crippen molar-refractivity contribution >= 4 is 34.6 Å². The second kappa shape index (κ2) is 7.60. The van der Waals surface area contributed by atoms with E-state index in [0.29, 0.717) is 6.61 Å². The smallest absolute Gasteiger partial charge is 0.261 e. The molecule has 0 spiro atoms. The molecule has 23 heavy (non-hydrogen) atoms. The van der Waals surface area contributed by atoms with E-state index in [4.69, 9.17) is 4.43 Å². The predicted molar refractivity (Wildman–Crippen MR) is 107 cm³/mol. The van der Waals surface area contributed by atoms with Crippen molar-refractivity contribution < 1.29 is 4.43 Å². The van der Waals surface area contributed by atoms with Gasteiger partial charge < -0.3 is 4.43 Å². The van der Waals surface area contributed by atoms with Crippen molar-refractivity contribution in [3.05, 3.63) is 72.8 Å². The summed E-state index contributed by atoms with van der Waals surface area (Å²) in [5.74, 6) is 0. The summed E-state index contributed by atoms with van der Waals surface area (Å²) >= 11 is 3.48. The van der Waals surface area contributed by atoms with E-state index in [2.05, 4.69) is 104 Å². The van der Waals surface area contributed by atoms with Gasteiger partial charge in [-0.1, -0.05) is 104 Å². The highest BCUT2D eigenvalue weighted by molar-refractivity contribution is 9.09. The van der Waals surface area contributed by atoms with Crippen LogP contribution in [0.25, 0.3) is 0 Å². The Hall–Kier alpha value is -1.16. The molecule has 2 rings (SSSR count). The first-order chi connectivity index (χ1) is 10.9. The fraction of sp³-hybridized carbons (Fsp3) is 0.300. The third-order valence-electron chi connectivity index (χ3n) is 4.10. The van der Waals surface area contributed by atoms with Crippen LogP contribution in [0.3, 0.4) is 0 Å². The lowest BCUT2D eigenvalue weighted by Crippen LogP contribution is -2.66. The van der Waals surface area contributed by atoms with E-state index in [9.17, 15) is 0 Å². The Morgan fingerprint density at radius 3 is 1.74 bits per heavy atom. The minimum Gasteiger partial charge on any atom is -0.403 e. The molecule has 122 valence electrons. The number of rotatable bonds is 6. The van der Waals surface area contributed by atoms with Gasteiger partial charge in [-0.25, -0.2) is 0 Å².